The highest BCUT2D eigenvalue weighted by atomic mass is 16.6. The number of nitrogens with one attached hydrogen (secondary N) is 3. The second kappa shape index (κ2) is 11.7. The molecule has 4 rings (SSSR count). The van der Waals surface area contributed by atoms with E-state index in [-0.39, 0.29) is 42.1 Å². The second-order valence-corrected chi connectivity index (χ2v) is 10.8. The Kier molecular flexibility index (Phi) is 8.32. The van der Waals surface area contributed by atoms with E-state index in [4.69, 9.17) is 4.74 Å². The van der Waals surface area contributed by atoms with Crippen LogP contribution in [0.3, 0.4) is 0 Å². The van der Waals surface area contributed by atoms with Gasteiger partial charge in [0.15, 0.2) is 0 Å². The molecule has 0 saturated heterocycles. The van der Waals surface area contributed by atoms with Crippen molar-refractivity contribution in [1.82, 2.24) is 15.5 Å². The van der Waals surface area contributed by atoms with Gasteiger partial charge in [-0.15, -0.1) is 0 Å². The molecule has 2 aromatic rings. The summed E-state index contributed by atoms with van der Waals surface area (Å²) in [6.45, 7) is 5.00. The zero-order valence-corrected chi connectivity index (χ0v) is 22.5. The van der Waals surface area contributed by atoms with Gasteiger partial charge >= 0.3 is 6.09 Å². The number of alkyl carbamates (subject to hydrolysis) is 1. The third-order valence-electron chi connectivity index (χ3n) is 6.64. The van der Waals surface area contributed by atoms with Gasteiger partial charge in [0.05, 0.1) is 11.1 Å². The number of carbonyl (C=O) groups excluding carboxylic acids is 5. The maximum absolute atomic E-state index is 13.1. The Morgan fingerprint density at radius 3 is 2.33 bits per heavy atom. The first-order valence-corrected chi connectivity index (χ1v) is 13.2. The van der Waals surface area contributed by atoms with Gasteiger partial charge in [-0.3, -0.25) is 24.1 Å². The first-order chi connectivity index (χ1) is 18.5. The van der Waals surface area contributed by atoms with E-state index in [2.05, 4.69) is 16.0 Å². The Morgan fingerprint density at radius 2 is 1.62 bits per heavy atom. The lowest BCUT2D eigenvalue weighted by molar-refractivity contribution is -0.115. The average Bonchev–Trinajstić information content (AvgIpc) is 3.15. The molecule has 1 aliphatic carbocycles. The van der Waals surface area contributed by atoms with E-state index in [9.17, 15) is 24.0 Å². The predicted molar refractivity (Wildman–Crippen MR) is 144 cm³/mol. The van der Waals surface area contributed by atoms with Crippen molar-refractivity contribution < 1.29 is 28.7 Å². The van der Waals surface area contributed by atoms with Gasteiger partial charge < -0.3 is 20.7 Å². The van der Waals surface area contributed by atoms with Gasteiger partial charge in [0.2, 0.25) is 5.91 Å². The summed E-state index contributed by atoms with van der Waals surface area (Å²) in [6.07, 6.45) is 4.02. The summed E-state index contributed by atoms with van der Waals surface area (Å²) in [6, 6.07) is 11.4. The number of benzene rings is 2. The minimum Gasteiger partial charge on any atom is -0.444 e. The number of hydrogen-bond donors (Lipinski definition) is 3. The van der Waals surface area contributed by atoms with Gasteiger partial charge in [-0.2, -0.15) is 0 Å². The molecule has 0 bridgehead atoms. The fourth-order valence-electron chi connectivity index (χ4n) is 4.81. The van der Waals surface area contributed by atoms with Gasteiger partial charge in [0, 0.05) is 23.8 Å². The van der Waals surface area contributed by atoms with Crippen molar-refractivity contribution in [3.8, 4) is 0 Å². The lowest BCUT2D eigenvalue weighted by atomic mass is 9.94. The molecule has 39 heavy (non-hydrogen) atoms. The molecule has 2 aromatic carbocycles. The third kappa shape index (κ3) is 6.81. The fraction of sp³-hybridized carbons (Fsp3) is 0.414. The number of hydrogen-bond acceptors (Lipinski definition) is 6. The molecular formula is C29H34N4O6. The van der Waals surface area contributed by atoms with Crippen LogP contribution < -0.4 is 16.0 Å². The number of nitrogens with zero attached hydrogens (tertiary/aromatic N) is 1. The van der Waals surface area contributed by atoms with Gasteiger partial charge in [0.25, 0.3) is 17.7 Å². The minimum absolute atomic E-state index is 0.0884. The van der Waals surface area contributed by atoms with Crippen molar-refractivity contribution in [2.24, 2.45) is 0 Å². The SMILES string of the molecule is CC(C)(C)OC(=O)NCC(=O)Nc1ccccc1CNC(=O)c1ccc2c(c1)C(=O)N(C1CCCCC1)C2=O. The van der Waals surface area contributed by atoms with Crippen LogP contribution in [0.5, 0.6) is 0 Å². The monoisotopic (exact) mass is 534 g/mol. The Hall–Kier alpha value is -4.21. The Morgan fingerprint density at radius 1 is 0.923 bits per heavy atom. The maximum atomic E-state index is 13.1. The molecule has 1 heterocycles. The second-order valence-electron chi connectivity index (χ2n) is 10.8. The number of amides is 5. The first-order valence-electron chi connectivity index (χ1n) is 13.2. The molecule has 10 nitrogen and oxygen atoms in total. The molecule has 1 saturated carbocycles. The van der Waals surface area contributed by atoms with E-state index in [1.165, 1.54) is 11.0 Å². The van der Waals surface area contributed by atoms with Crippen molar-refractivity contribution in [3.05, 3.63) is 64.7 Å². The van der Waals surface area contributed by atoms with Crippen LogP contribution in [0.2, 0.25) is 0 Å². The number of fused-ring (bicyclic) bond motifs is 1. The Bertz CT molecular complexity index is 1290. The van der Waals surface area contributed by atoms with Crippen LogP contribution >= 0.6 is 0 Å². The summed E-state index contributed by atoms with van der Waals surface area (Å²) in [5.41, 5.74) is 1.29. The summed E-state index contributed by atoms with van der Waals surface area (Å²) >= 11 is 0. The average molecular weight is 535 g/mol. The van der Waals surface area contributed by atoms with Crippen molar-refractivity contribution in [3.63, 3.8) is 0 Å². The number of imide groups is 1. The van der Waals surface area contributed by atoms with Crippen molar-refractivity contribution in [2.75, 3.05) is 11.9 Å². The maximum Gasteiger partial charge on any atom is 0.408 e. The quantitative estimate of drug-likeness (QED) is 0.460. The standard InChI is InChI=1S/C29H34N4O6/c1-29(2,3)39-28(38)31-17-24(34)32-23-12-8-7-9-19(23)16-30-25(35)18-13-14-21-22(15-18)27(37)33(26(21)36)20-10-5-4-6-11-20/h7-9,12-15,20H,4-6,10-11,16-17H2,1-3H3,(H,30,35)(H,31,38)(H,32,34). The minimum atomic E-state index is -0.699. The normalized spacial score (nSPS) is 15.5. The van der Waals surface area contributed by atoms with Gasteiger partial charge in [0.1, 0.15) is 12.1 Å². The summed E-state index contributed by atoms with van der Waals surface area (Å²) in [7, 11) is 0. The molecule has 3 N–H and O–H groups in total. The molecule has 1 fully saturated rings. The number of para-hydroxylation sites is 1. The van der Waals surface area contributed by atoms with E-state index < -0.39 is 23.5 Å². The summed E-state index contributed by atoms with van der Waals surface area (Å²) in [5, 5.41) is 7.94. The highest BCUT2D eigenvalue weighted by Crippen LogP contribution is 2.31. The number of anilines is 1. The molecule has 0 radical (unpaired) electrons. The molecule has 0 aromatic heterocycles. The van der Waals surface area contributed by atoms with Crippen molar-refractivity contribution >= 4 is 35.4 Å². The van der Waals surface area contributed by atoms with Crippen LogP contribution in [0.1, 0.15) is 89.5 Å². The topological polar surface area (TPSA) is 134 Å². The molecule has 2 aliphatic rings. The van der Waals surface area contributed by atoms with Crippen LogP contribution in [0.25, 0.3) is 0 Å². The zero-order chi connectivity index (χ0) is 28.2. The summed E-state index contributed by atoms with van der Waals surface area (Å²) in [4.78, 5) is 64.5. The Labute approximate surface area is 227 Å². The largest absolute Gasteiger partial charge is 0.444 e. The van der Waals surface area contributed by atoms with Crippen molar-refractivity contribution in [1.29, 1.82) is 0 Å². The molecule has 10 heteroatoms. The Balaban J connectivity index is 1.36. The number of carbonyl (C=O) groups is 5. The number of ether oxygens (including phenoxy) is 1. The molecule has 206 valence electrons. The van der Waals surface area contributed by atoms with Gasteiger partial charge in [-0.05, 0) is 63.4 Å². The smallest absolute Gasteiger partial charge is 0.408 e. The highest BCUT2D eigenvalue weighted by Gasteiger charge is 2.40. The lowest BCUT2D eigenvalue weighted by Gasteiger charge is -2.29. The molecular weight excluding hydrogens is 500 g/mol. The molecule has 5 amide bonds. The molecule has 0 atom stereocenters. The van der Waals surface area contributed by atoms with Crippen LogP contribution in [-0.4, -0.2) is 52.8 Å². The van der Waals surface area contributed by atoms with E-state index >= 15 is 0 Å². The van der Waals surface area contributed by atoms with E-state index in [1.54, 1.807) is 57.2 Å². The van der Waals surface area contributed by atoms with Crippen molar-refractivity contribution in [2.45, 2.75) is 71.1 Å². The fourth-order valence-corrected chi connectivity index (χ4v) is 4.81. The highest BCUT2D eigenvalue weighted by molar-refractivity contribution is 6.22. The van der Waals surface area contributed by atoms with Crippen LogP contribution in [-0.2, 0) is 16.1 Å². The molecule has 0 unspecified atom stereocenters. The van der Waals surface area contributed by atoms with E-state index in [0.29, 0.717) is 16.8 Å². The molecule has 1 aliphatic heterocycles. The summed E-state index contributed by atoms with van der Waals surface area (Å²) in [5.74, 6) is -1.50. The third-order valence-corrected chi connectivity index (χ3v) is 6.64. The predicted octanol–water partition coefficient (Wildman–Crippen LogP) is 4.01. The van der Waals surface area contributed by atoms with E-state index in [1.807, 2.05) is 0 Å². The van der Waals surface area contributed by atoms with Crippen LogP contribution in [0.15, 0.2) is 42.5 Å². The van der Waals surface area contributed by atoms with Crippen LogP contribution in [0.4, 0.5) is 10.5 Å². The van der Waals surface area contributed by atoms with E-state index in [0.717, 1.165) is 32.1 Å². The zero-order valence-electron chi connectivity index (χ0n) is 22.5. The summed E-state index contributed by atoms with van der Waals surface area (Å²) < 4.78 is 5.13. The lowest BCUT2D eigenvalue weighted by Crippen LogP contribution is -2.40. The molecule has 0 spiro atoms. The van der Waals surface area contributed by atoms with Gasteiger partial charge in [-0.1, -0.05) is 37.5 Å². The first kappa shape index (κ1) is 27.8. The van der Waals surface area contributed by atoms with Crippen LogP contribution in [0, 0.1) is 0 Å². The number of rotatable bonds is 7. The van der Waals surface area contributed by atoms with Gasteiger partial charge in [-0.25, -0.2) is 4.79 Å².